The van der Waals surface area contributed by atoms with Gasteiger partial charge in [-0.15, -0.1) is 0 Å². The first-order valence-electron chi connectivity index (χ1n) is 4.83. The molecule has 2 aromatic rings. The molecule has 0 aliphatic rings. The molecule has 6 heteroatoms. The van der Waals surface area contributed by atoms with Crippen molar-refractivity contribution in [3.8, 4) is 0 Å². The summed E-state index contributed by atoms with van der Waals surface area (Å²) in [5, 5.41) is 10.8. The number of rotatable bonds is 3. The predicted molar refractivity (Wildman–Crippen MR) is 55.4 cm³/mol. The minimum atomic E-state index is 0.312. The lowest BCUT2D eigenvalue weighted by Crippen LogP contribution is -2.23. The lowest BCUT2D eigenvalue weighted by atomic mass is 10.4. The van der Waals surface area contributed by atoms with Crippen LogP contribution in [0.4, 0.5) is 11.6 Å². The number of hydrogen-bond acceptors (Lipinski definition) is 5. The number of anilines is 2. The largest absolute Gasteiger partial charge is 0.431 e. The fourth-order valence-electron chi connectivity index (χ4n) is 1.57. The summed E-state index contributed by atoms with van der Waals surface area (Å²) >= 11 is 0. The number of aromatic nitrogens is 1. The van der Waals surface area contributed by atoms with Gasteiger partial charge in [-0.1, -0.05) is 0 Å². The molecule has 15 heavy (non-hydrogen) atoms. The van der Waals surface area contributed by atoms with Crippen molar-refractivity contribution in [2.75, 3.05) is 23.7 Å². The van der Waals surface area contributed by atoms with Crippen molar-refractivity contribution in [1.82, 2.24) is 0 Å². The van der Waals surface area contributed by atoms with Crippen LogP contribution in [-0.2, 0) is 0 Å². The van der Waals surface area contributed by atoms with Gasteiger partial charge in [0.15, 0.2) is 5.58 Å². The first kappa shape index (κ1) is 9.70. The zero-order valence-electron chi connectivity index (χ0n) is 8.69. The maximum absolute atomic E-state index is 10.8. The molecule has 0 radical (unpaired) electrons. The summed E-state index contributed by atoms with van der Waals surface area (Å²) in [6.07, 6.45) is 1.22. The van der Waals surface area contributed by atoms with Gasteiger partial charge >= 0.3 is 0 Å². The molecule has 0 aromatic carbocycles. The van der Waals surface area contributed by atoms with Crippen LogP contribution in [0.1, 0.15) is 13.8 Å². The first-order valence-corrected chi connectivity index (χ1v) is 4.83. The second-order valence-electron chi connectivity index (χ2n) is 3.19. The number of fused-ring (bicyclic) bond motifs is 1. The van der Waals surface area contributed by atoms with Crippen LogP contribution < -0.4 is 15.5 Å². The van der Waals surface area contributed by atoms with E-state index in [9.17, 15) is 5.21 Å². The normalized spacial score (nSPS) is 11.1. The predicted octanol–water partition coefficient (Wildman–Crippen LogP) is 1.09. The van der Waals surface area contributed by atoms with Crippen molar-refractivity contribution >= 4 is 22.7 Å². The fourth-order valence-corrected chi connectivity index (χ4v) is 1.57. The summed E-state index contributed by atoms with van der Waals surface area (Å²) in [5.74, 6) is 0.564. The van der Waals surface area contributed by atoms with E-state index in [2.05, 4.69) is 0 Å². The van der Waals surface area contributed by atoms with Crippen molar-refractivity contribution < 1.29 is 13.8 Å². The topological polar surface area (TPSA) is 82.5 Å². The lowest BCUT2D eigenvalue weighted by Gasteiger charge is -2.17. The highest BCUT2D eigenvalue weighted by Crippen LogP contribution is 2.34. The van der Waals surface area contributed by atoms with Crippen LogP contribution >= 0.6 is 0 Å². The van der Waals surface area contributed by atoms with Crippen LogP contribution in [0.15, 0.2) is 15.1 Å². The first-order chi connectivity index (χ1) is 7.17. The molecule has 2 heterocycles. The molecule has 0 unspecified atom stereocenters. The van der Waals surface area contributed by atoms with Gasteiger partial charge in [0.25, 0.3) is 6.20 Å². The van der Waals surface area contributed by atoms with Gasteiger partial charge in [0.1, 0.15) is 5.69 Å². The average Bonchev–Trinajstić information content (AvgIpc) is 2.69. The molecule has 2 rings (SSSR count). The Kier molecular flexibility index (Phi) is 2.18. The Hall–Kier alpha value is -1.85. The molecule has 0 spiro atoms. The number of hydrogen-bond donors (Lipinski definition) is 1. The van der Waals surface area contributed by atoms with E-state index in [1.165, 1.54) is 6.20 Å². The molecule has 0 amide bonds. The molecule has 0 aliphatic heterocycles. The van der Waals surface area contributed by atoms with Gasteiger partial charge < -0.3 is 19.6 Å². The van der Waals surface area contributed by atoms with E-state index >= 15 is 0 Å². The van der Waals surface area contributed by atoms with Gasteiger partial charge in [0.2, 0.25) is 11.5 Å². The molecule has 0 atom stereocenters. The van der Waals surface area contributed by atoms with Gasteiger partial charge in [-0.2, -0.15) is 0 Å². The number of nitrogens with two attached hydrogens (primary N) is 1. The highest BCUT2D eigenvalue weighted by molar-refractivity contribution is 5.90. The average molecular weight is 211 g/mol. The molecule has 0 aliphatic carbocycles. The van der Waals surface area contributed by atoms with Crippen LogP contribution in [0.25, 0.3) is 11.2 Å². The molecule has 6 nitrogen and oxygen atoms in total. The van der Waals surface area contributed by atoms with Crippen LogP contribution in [0.2, 0.25) is 0 Å². The Balaban J connectivity index is 2.53. The number of nitrogens with zero attached hydrogens (tertiary/aromatic N) is 2. The van der Waals surface area contributed by atoms with Crippen LogP contribution in [0.5, 0.6) is 0 Å². The van der Waals surface area contributed by atoms with E-state index in [0.717, 1.165) is 13.1 Å². The summed E-state index contributed by atoms with van der Waals surface area (Å²) in [4.78, 5) is 2.29. The summed E-state index contributed by atoms with van der Waals surface area (Å²) in [6, 6.07) is 0. The Morgan fingerprint density at radius 2 is 2.13 bits per heavy atom. The van der Waals surface area contributed by atoms with Gasteiger partial charge in [-0.05, 0) is 13.8 Å². The van der Waals surface area contributed by atoms with Gasteiger partial charge in [-0.25, -0.2) is 0 Å². The molecule has 0 saturated heterocycles. The number of nitrogen functional groups attached to an aromatic ring is 1. The van der Waals surface area contributed by atoms with E-state index < -0.39 is 0 Å². The summed E-state index contributed by atoms with van der Waals surface area (Å²) in [5.41, 5.74) is 6.89. The minimum Gasteiger partial charge on any atom is -0.431 e. The summed E-state index contributed by atoms with van der Waals surface area (Å²) < 4.78 is 10.3. The Bertz CT molecular complexity index is 470. The van der Waals surface area contributed by atoms with Crippen molar-refractivity contribution in [2.45, 2.75) is 13.8 Å². The second kappa shape index (κ2) is 3.38. The molecule has 2 aromatic heterocycles. The quantitative estimate of drug-likeness (QED) is 0.768. The van der Waals surface area contributed by atoms with Gasteiger partial charge in [0.05, 0.1) is 0 Å². The maximum Gasteiger partial charge on any atom is 0.277 e. The molecule has 0 bridgehead atoms. The number of furan rings is 1. The summed E-state index contributed by atoms with van der Waals surface area (Å²) in [6.45, 7) is 5.57. The molecule has 2 N–H and O–H groups in total. The second-order valence-corrected chi connectivity index (χ2v) is 3.19. The summed E-state index contributed by atoms with van der Waals surface area (Å²) in [7, 11) is 0. The van der Waals surface area contributed by atoms with Crippen molar-refractivity contribution in [2.24, 2.45) is 0 Å². The Morgan fingerprint density at radius 1 is 1.47 bits per heavy atom. The fraction of sp³-hybridized carbons (Fsp3) is 0.444. The van der Waals surface area contributed by atoms with Crippen LogP contribution in [0, 0.1) is 5.21 Å². The molecular weight excluding hydrogens is 198 g/mol. The SMILES string of the molecule is CCN(CC)c1oc2c[n+]([O-])oc2c1N. The molecule has 82 valence electrons. The van der Waals surface area contributed by atoms with E-state index in [1.54, 1.807) is 0 Å². The van der Waals surface area contributed by atoms with E-state index in [-0.39, 0.29) is 0 Å². The lowest BCUT2D eigenvalue weighted by molar-refractivity contribution is -0.788. The van der Waals surface area contributed by atoms with Crippen LogP contribution in [0.3, 0.4) is 0 Å². The third kappa shape index (κ3) is 1.38. The standard InChI is InChI=1S/C9H13N3O3/c1-3-11(4-2)9-7(10)8-6(14-9)5-12(13)15-8/h5H,3-4,10H2,1-2H3. The zero-order chi connectivity index (χ0) is 11.0. The Labute approximate surface area is 86.4 Å². The minimum absolute atomic E-state index is 0.312. The van der Waals surface area contributed by atoms with E-state index in [4.69, 9.17) is 14.7 Å². The van der Waals surface area contributed by atoms with E-state index in [0.29, 0.717) is 27.6 Å². The highest BCUT2D eigenvalue weighted by Gasteiger charge is 2.19. The highest BCUT2D eigenvalue weighted by atomic mass is 16.7. The maximum atomic E-state index is 10.8. The van der Waals surface area contributed by atoms with Crippen LogP contribution in [-0.4, -0.2) is 13.1 Å². The molecule has 0 saturated carbocycles. The molecule has 0 fully saturated rings. The van der Waals surface area contributed by atoms with E-state index in [1.807, 2.05) is 18.7 Å². The Morgan fingerprint density at radius 3 is 2.67 bits per heavy atom. The van der Waals surface area contributed by atoms with Crippen molar-refractivity contribution in [3.63, 3.8) is 0 Å². The van der Waals surface area contributed by atoms with Crippen molar-refractivity contribution in [3.05, 3.63) is 11.4 Å². The van der Waals surface area contributed by atoms with Gasteiger partial charge in [-0.3, -0.25) is 5.21 Å². The molecular formula is C9H13N3O3. The monoisotopic (exact) mass is 211 g/mol. The zero-order valence-corrected chi connectivity index (χ0v) is 8.69. The van der Waals surface area contributed by atoms with Gasteiger partial charge in [0, 0.05) is 18.0 Å². The third-order valence-electron chi connectivity index (χ3n) is 2.36. The smallest absolute Gasteiger partial charge is 0.277 e. The van der Waals surface area contributed by atoms with Crippen molar-refractivity contribution in [1.29, 1.82) is 0 Å². The third-order valence-corrected chi connectivity index (χ3v) is 2.36.